The van der Waals surface area contributed by atoms with Gasteiger partial charge in [0.05, 0.1) is 12.7 Å². The third-order valence-electron chi connectivity index (χ3n) is 3.24. The first kappa shape index (κ1) is 21.3. The van der Waals surface area contributed by atoms with Crippen molar-refractivity contribution in [3.05, 3.63) is 17.8 Å². The summed E-state index contributed by atoms with van der Waals surface area (Å²) in [7, 11) is 1.43. The number of hydrogen-bond donors (Lipinski definition) is 2. The first-order chi connectivity index (χ1) is 11.5. The van der Waals surface area contributed by atoms with Gasteiger partial charge in [0.1, 0.15) is 12.3 Å². The quantitative estimate of drug-likeness (QED) is 0.576. The van der Waals surface area contributed by atoms with Gasteiger partial charge in [0.2, 0.25) is 5.89 Å². The smallest absolute Gasteiger partial charge is 0.401 e. The number of alkyl halides is 3. The summed E-state index contributed by atoms with van der Waals surface area (Å²) in [4.78, 5) is 9.76. The highest BCUT2D eigenvalue weighted by Crippen LogP contribution is 2.22. The van der Waals surface area contributed by atoms with E-state index in [1.165, 1.54) is 11.9 Å². The Labute approximate surface area is 146 Å². The molecule has 0 aliphatic heterocycles. The van der Waals surface area contributed by atoms with Crippen molar-refractivity contribution in [1.29, 1.82) is 0 Å². The largest absolute Gasteiger partial charge is 0.443 e. The van der Waals surface area contributed by atoms with Gasteiger partial charge < -0.3 is 15.1 Å². The predicted molar refractivity (Wildman–Crippen MR) is 91.6 cm³/mol. The molecule has 0 fully saturated rings. The highest BCUT2D eigenvalue weighted by Gasteiger charge is 2.28. The molecule has 9 heteroatoms. The van der Waals surface area contributed by atoms with E-state index in [-0.39, 0.29) is 18.5 Å². The van der Waals surface area contributed by atoms with Crippen LogP contribution in [0.5, 0.6) is 0 Å². The van der Waals surface area contributed by atoms with E-state index in [1.807, 2.05) is 27.7 Å². The number of aliphatic imine (C=N–C) groups is 1. The van der Waals surface area contributed by atoms with Gasteiger partial charge in [-0.25, -0.2) is 9.98 Å². The Hall–Kier alpha value is -1.77. The first-order valence-electron chi connectivity index (χ1n) is 8.24. The van der Waals surface area contributed by atoms with Gasteiger partial charge in [0.25, 0.3) is 0 Å². The molecule has 1 aromatic rings. The maximum atomic E-state index is 12.3. The Morgan fingerprint density at radius 3 is 2.48 bits per heavy atom. The molecule has 0 aliphatic carbocycles. The lowest BCUT2D eigenvalue weighted by Crippen LogP contribution is -2.42. The molecule has 6 nitrogen and oxygen atoms in total. The van der Waals surface area contributed by atoms with E-state index in [9.17, 15) is 13.2 Å². The maximum Gasteiger partial charge on any atom is 0.401 e. The number of aromatic nitrogens is 1. The van der Waals surface area contributed by atoms with Crippen molar-refractivity contribution in [3.63, 3.8) is 0 Å². The van der Waals surface area contributed by atoms with Crippen LogP contribution in [0.1, 0.15) is 39.3 Å². The molecule has 0 spiro atoms. The maximum absolute atomic E-state index is 12.3. The predicted octanol–water partition coefficient (Wildman–Crippen LogP) is 2.52. The fraction of sp³-hybridized carbons (Fsp3) is 0.750. The number of nitrogens with one attached hydrogen (secondary N) is 2. The van der Waals surface area contributed by atoms with Gasteiger partial charge in [0.15, 0.2) is 5.96 Å². The summed E-state index contributed by atoms with van der Waals surface area (Å²) < 4.78 is 42.5. The molecule has 0 aromatic carbocycles. The fourth-order valence-corrected chi connectivity index (χ4v) is 1.97. The van der Waals surface area contributed by atoms with Crippen molar-refractivity contribution < 1.29 is 17.6 Å². The van der Waals surface area contributed by atoms with Gasteiger partial charge in [-0.05, 0) is 14.0 Å². The number of rotatable bonds is 7. The van der Waals surface area contributed by atoms with Crippen LogP contribution in [0, 0.1) is 0 Å². The zero-order valence-electron chi connectivity index (χ0n) is 15.5. The standard InChI is InChI=1S/C16H28F3N5O/c1-6-20-14(21-7-8-24(5)11-16(17,18)19)23-10-13-22-9-12(25-13)15(2,3)4/h9H,6-8,10-11H2,1-5H3,(H2,20,21,23). The molecule has 144 valence electrons. The summed E-state index contributed by atoms with van der Waals surface area (Å²) in [5, 5.41) is 6.05. The van der Waals surface area contributed by atoms with Crippen LogP contribution in [0.2, 0.25) is 0 Å². The van der Waals surface area contributed by atoms with Crippen molar-refractivity contribution in [1.82, 2.24) is 20.5 Å². The lowest BCUT2D eigenvalue weighted by atomic mass is 9.94. The monoisotopic (exact) mass is 363 g/mol. The molecule has 0 amide bonds. The molecular weight excluding hydrogens is 335 g/mol. The summed E-state index contributed by atoms with van der Waals surface area (Å²) in [5.74, 6) is 1.79. The fourth-order valence-electron chi connectivity index (χ4n) is 1.97. The molecule has 1 rings (SSSR count). The average Bonchev–Trinajstić information content (AvgIpc) is 2.91. The molecule has 25 heavy (non-hydrogen) atoms. The zero-order chi connectivity index (χ0) is 19.1. The van der Waals surface area contributed by atoms with Crippen LogP contribution in [0.4, 0.5) is 13.2 Å². The van der Waals surface area contributed by atoms with Crippen LogP contribution in [-0.2, 0) is 12.0 Å². The SMILES string of the molecule is CCNC(=NCc1ncc(C(C)(C)C)o1)NCCN(C)CC(F)(F)F. The second-order valence-electron chi connectivity index (χ2n) is 6.84. The third-order valence-corrected chi connectivity index (χ3v) is 3.24. The Balaban J connectivity index is 2.52. The second-order valence-corrected chi connectivity index (χ2v) is 6.84. The molecule has 1 aromatic heterocycles. The normalized spacial score (nSPS) is 13.4. The summed E-state index contributed by atoms with van der Waals surface area (Å²) >= 11 is 0. The Bertz CT molecular complexity index is 549. The minimum Gasteiger partial charge on any atom is -0.443 e. The Morgan fingerprint density at radius 2 is 1.96 bits per heavy atom. The second kappa shape index (κ2) is 9.07. The molecular formula is C16H28F3N5O. The van der Waals surface area contributed by atoms with Crippen LogP contribution in [0.25, 0.3) is 0 Å². The van der Waals surface area contributed by atoms with E-state index >= 15 is 0 Å². The van der Waals surface area contributed by atoms with Crippen molar-refractivity contribution in [2.45, 2.75) is 45.8 Å². The lowest BCUT2D eigenvalue weighted by molar-refractivity contribution is -0.142. The van der Waals surface area contributed by atoms with Crippen molar-refractivity contribution in [2.75, 3.05) is 33.2 Å². The molecule has 0 aliphatic rings. The first-order valence-corrected chi connectivity index (χ1v) is 8.24. The number of hydrogen-bond acceptors (Lipinski definition) is 4. The number of nitrogens with zero attached hydrogens (tertiary/aromatic N) is 3. The topological polar surface area (TPSA) is 65.7 Å². The van der Waals surface area contributed by atoms with Gasteiger partial charge in [-0.1, -0.05) is 20.8 Å². The number of likely N-dealkylation sites (N-methyl/N-ethyl adjacent to an activating group) is 1. The number of guanidine groups is 1. The number of oxazole rings is 1. The van der Waals surface area contributed by atoms with E-state index in [0.29, 0.717) is 24.9 Å². The van der Waals surface area contributed by atoms with Gasteiger partial charge in [-0.2, -0.15) is 13.2 Å². The Morgan fingerprint density at radius 1 is 1.28 bits per heavy atom. The highest BCUT2D eigenvalue weighted by atomic mass is 19.4. The molecule has 0 atom stereocenters. The highest BCUT2D eigenvalue weighted by molar-refractivity contribution is 5.79. The van der Waals surface area contributed by atoms with Crippen LogP contribution in [0.15, 0.2) is 15.6 Å². The van der Waals surface area contributed by atoms with Gasteiger partial charge in [-0.15, -0.1) is 0 Å². The molecule has 0 bridgehead atoms. The van der Waals surface area contributed by atoms with E-state index in [2.05, 4.69) is 20.6 Å². The molecule has 0 saturated carbocycles. The molecule has 1 heterocycles. The van der Waals surface area contributed by atoms with Gasteiger partial charge in [-0.3, -0.25) is 4.90 Å². The summed E-state index contributed by atoms with van der Waals surface area (Å²) in [6.45, 7) is 8.56. The average molecular weight is 363 g/mol. The van der Waals surface area contributed by atoms with Gasteiger partial charge in [0, 0.05) is 25.0 Å². The molecule has 0 unspecified atom stereocenters. The van der Waals surface area contributed by atoms with E-state index < -0.39 is 12.7 Å². The lowest BCUT2D eigenvalue weighted by Gasteiger charge is -2.19. The summed E-state index contributed by atoms with van der Waals surface area (Å²) in [5.41, 5.74) is -0.124. The summed E-state index contributed by atoms with van der Waals surface area (Å²) in [6, 6.07) is 0. The van der Waals surface area contributed by atoms with Crippen LogP contribution < -0.4 is 10.6 Å². The Kier molecular flexibility index (Phi) is 7.72. The third kappa shape index (κ3) is 8.76. The molecule has 0 saturated heterocycles. The minimum atomic E-state index is -4.19. The minimum absolute atomic E-state index is 0.124. The molecule has 0 radical (unpaired) electrons. The van der Waals surface area contributed by atoms with E-state index in [0.717, 1.165) is 5.76 Å². The van der Waals surface area contributed by atoms with Crippen LogP contribution >= 0.6 is 0 Å². The van der Waals surface area contributed by atoms with E-state index in [4.69, 9.17) is 4.42 Å². The van der Waals surface area contributed by atoms with Gasteiger partial charge >= 0.3 is 6.18 Å². The molecule has 2 N–H and O–H groups in total. The van der Waals surface area contributed by atoms with Crippen LogP contribution in [0.3, 0.4) is 0 Å². The van der Waals surface area contributed by atoms with Crippen molar-refractivity contribution in [3.8, 4) is 0 Å². The van der Waals surface area contributed by atoms with Crippen LogP contribution in [-0.4, -0.2) is 55.2 Å². The van der Waals surface area contributed by atoms with Crippen molar-refractivity contribution >= 4 is 5.96 Å². The zero-order valence-corrected chi connectivity index (χ0v) is 15.5. The van der Waals surface area contributed by atoms with Crippen molar-refractivity contribution in [2.24, 2.45) is 4.99 Å². The number of halogens is 3. The van der Waals surface area contributed by atoms with E-state index in [1.54, 1.807) is 6.20 Å². The summed E-state index contributed by atoms with van der Waals surface area (Å²) in [6.07, 6.45) is -2.50.